The Labute approximate surface area is 111 Å². The summed E-state index contributed by atoms with van der Waals surface area (Å²) < 4.78 is 37.1. The highest BCUT2D eigenvalue weighted by molar-refractivity contribution is 5.71. The Balaban J connectivity index is 2.69. The van der Waals surface area contributed by atoms with Gasteiger partial charge in [-0.05, 0) is 0 Å². The van der Waals surface area contributed by atoms with Gasteiger partial charge in [0.2, 0.25) is 0 Å². The standard InChI is InChI=1S/C11H11F3N2O4/c12-11(13,14)8(10(17)18)6-15-5-7-3-1-2-4-9(7)16(19)20/h1-4,8,15H,5-6H2,(H,17,18). The molecule has 0 aliphatic carbocycles. The predicted octanol–water partition coefficient (Wildman–Crippen LogP) is 1.95. The van der Waals surface area contributed by atoms with E-state index < -0.39 is 29.5 Å². The third kappa shape index (κ3) is 4.19. The highest BCUT2D eigenvalue weighted by atomic mass is 19.4. The molecule has 0 amide bonds. The molecule has 1 aromatic rings. The molecule has 0 heterocycles. The minimum absolute atomic E-state index is 0.184. The summed E-state index contributed by atoms with van der Waals surface area (Å²) in [6.07, 6.45) is -4.87. The number of hydrogen-bond donors (Lipinski definition) is 2. The SMILES string of the molecule is O=C(O)C(CNCc1ccccc1[N+](=O)[O-])C(F)(F)F. The molecule has 6 nitrogen and oxygen atoms in total. The number of alkyl halides is 3. The number of nitrogens with one attached hydrogen (secondary N) is 1. The molecule has 1 rings (SSSR count). The van der Waals surface area contributed by atoms with E-state index in [2.05, 4.69) is 5.32 Å². The van der Waals surface area contributed by atoms with Crippen LogP contribution in [0, 0.1) is 16.0 Å². The Morgan fingerprint density at radius 2 is 2.00 bits per heavy atom. The normalized spacial score (nSPS) is 12.9. The molecular weight excluding hydrogens is 281 g/mol. The number of nitro groups is 1. The van der Waals surface area contributed by atoms with Crippen LogP contribution in [0.1, 0.15) is 5.56 Å². The summed E-state index contributed by atoms with van der Waals surface area (Å²) in [5.74, 6) is -4.54. The Morgan fingerprint density at radius 3 is 2.50 bits per heavy atom. The topological polar surface area (TPSA) is 92.5 Å². The lowest BCUT2D eigenvalue weighted by atomic mass is 10.1. The minimum atomic E-state index is -4.87. The van der Waals surface area contributed by atoms with Gasteiger partial charge in [0.25, 0.3) is 5.69 Å². The first-order chi connectivity index (χ1) is 9.23. The van der Waals surface area contributed by atoms with Gasteiger partial charge in [0.05, 0.1) is 4.92 Å². The van der Waals surface area contributed by atoms with Crippen LogP contribution in [-0.2, 0) is 11.3 Å². The van der Waals surface area contributed by atoms with Crippen LogP contribution in [-0.4, -0.2) is 28.7 Å². The fourth-order valence-electron chi connectivity index (χ4n) is 1.53. The molecule has 0 bridgehead atoms. The molecule has 1 aromatic carbocycles. The molecule has 1 atom stereocenters. The quantitative estimate of drug-likeness (QED) is 0.617. The van der Waals surface area contributed by atoms with Crippen LogP contribution in [0.3, 0.4) is 0 Å². The number of carboxylic acids is 1. The largest absolute Gasteiger partial charge is 0.481 e. The van der Waals surface area contributed by atoms with Crippen molar-refractivity contribution in [3.8, 4) is 0 Å². The van der Waals surface area contributed by atoms with Crippen molar-refractivity contribution in [1.29, 1.82) is 0 Å². The van der Waals surface area contributed by atoms with Crippen molar-refractivity contribution in [3.63, 3.8) is 0 Å². The van der Waals surface area contributed by atoms with Crippen LogP contribution in [0.2, 0.25) is 0 Å². The summed E-state index contributed by atoms with van der Waals surface area (Å²) >= 11 is 0. The van der Waals surface area contributed by atoms with Crippen LogP contribution in [0.4, 0.5) is 18.9 Å². The smallest absolute Gasteiger partial charge is 0.403 e. The first-order valence-corrected chi connectivity index (χ1v) is 5.46. The van der Waals surface area contributed by atoms with Gasteiger partial charge in [-0.25, -0.2) is 0 Å². The van der Waals surface area contributed by atoms with Gasteiger partial charge in [-0.1, -0.05) is 18.2 Å². The zero-order chi connectivity index (χ0) is 15.3. The first kappa shape index (κ1) is 15.9. The van der Waals surface area contributed by atoms with Crippen molar-refractivity contribution in [3.05, 3.63) is 39.9 Å². The van der Waals surface area contributed by atoms with E-state index >= 15 is 0 Å². The number of hydrogen-bond acceptors (Lipinski definition) is 4. The number of carbonyl (C=O) groups is 1. The number of para-hydroxylation sites is 1. The lowest BCUT2D eigenvalue weighted by molar-refractivity contribution is -0.385. The van der Waals surface area contributed by atoms with E-state index in [0.29, 0.717) is 0 Å². The van der Waals surface area contributed by atoms with Crippen molar-refractivity contribution in [2.45, 2.75) is 12.7 Å². The fourth-order valence-corrected chi connectivity index (χ4v) is 1.53. The highest BCUT2D eigenvalue weighted by Crippen LogP contribution is 2.26. The summed E-state index contributed by atoms with van der Waals surface area (Å²) in [6.45, 7) is -1.08. The minimum Gasteiger partial charge on any atom is -0.481 e. The van der Waals surface area contributed by atoms with E-state index in [1.54, 1.807) is 0 Å². The van der Waals surface area contributed by atoms with E-state index in [9.17, 15) is 28.1 Å². The van der Waals surface area contributed by atoms with Gasteiger partial charge in [0, 0.05) is 24.7 Å². The molecule has 9 heteroatoms. The van der Waals surface area contributed by atoms with Crippen LogP contribution < -0.4 is 5.32 Å². The van der Waals surface area contributed by atoms with Crippen molar-refractivity contribution in [2.24, 2.45) is 5.92 Å². The van der Waals surface area contributed by atoms with E-state index in [-0.39, 0.29) is 17.8 Å². The Morgan fingerprint density at radius 1 is 1.40 bits per heavy atom. The van der Waals surface area contributed by atoms with Crippen LogP contribution in [0.5, 0.6) is 0 Å². The maximum atomic E-state index is 12.4. The van der Waals surface area contributed by atoms with Gasteiger partial charge in [-0.15, -0.1) is 0 Å². The molecule has 2 N–H and O–H groups in total. The molecule has 0 aromatic heterocycles. The fraction of sp³-hybridized carbons (Fsp3) is 0.364. The van der Waals surface area contributed by atoms with Crippen LogP contribution in [0.25, 0.3) is 0 Å². The Kier molecular flexibility index (Phi) is 5.03. The molecule has 1 unspecified atom stereocenters. The maximum Gasteiger partial charge on any atom is 0.403 e. The lowest BCUT2D eigenvalue weighted by Crippen LogP contribution is -2.38. The van der Waals surface area contributed by atoms with Gasteiger partial charge in [0.15, 0.2) is 5.92 Å². The first-order valence-electron chi connectivity index (χ1n) is 5.46. The Bertz CT molecular complexity index is 505. The van der Waals surface area contributed by atoms with Gasteiger partial charge < -0.3 is 10.4 Å². The van der Waals surface area contributed by atoms with Crippen molar-refractivity contribution in [2.75, 3.05) is 6.54 Å². The van der Waals surface area contributed by atoms with E-state index in [1.165, 1.54) is 24.3 Å². The second kappa shape index (κ2) is 6.33. The van der Waals surface area contributed by atoms with E-state index in [0.717, 1.165) is 0 Å². The second-order valence-electron chi connectivity index (χ2n) is 3.95. The number of carboxylic acid groups (broad SMARTS) is 1. The molecule has 0 radical (unpaired) electrons. The predicted molar refractivity (Wildman–Crippen MR) is 62.0 cm³/mol. The molecule has 0 aliphatic heterocycles. The number of aliphatic carboxylic acids is 1. The van der Waals surface area contributed by atoms with Gasteiger partial charge >= 0.3 is 12.1 Å². The van der Waals surface area contributed by atoms with Crippen LogP contribution >= 0.6 is 0 Å². The number of benzene rings is 1. The molecule has 20 heavy (non-hydrogen) atoms. The zero-order valence-corrected chi connectivity index (χ0v) is 10.1. The Hall–Kier alpha value is -2.16. The average Bonchev–Trinajstić information content (AvgIpc) is 2.32. The van der Waals surface area contributed by atoms with Crippen molar-refractivity contribution >= 4 is 11.7 Å². The lowest BCUT2D eigenvalue weighted by Gasteiger charge is -2.16. The molecule has 0 aliphatic rings. The molecule has 0 fully saturated rings. The second-order valence-corrected chi connectivity index (χ2v) is 3.95. The number of nitrogens with zero attached hydrogens (tertiary/aromatic N) is 1. The summed E-state index contributed by atoms with van der Waals surface area (Å²) in [7, 11) is 0. The van der Waals surface area contributed by atoms with Gasteiger partial charge in [-0.3, -0.25) is 14.9 Å². The molecule has 0 saturated carbocycles. The number of halogens is 3. The third-order valence-corrected chi connectivity index (χ3v) is 2.55. The molecular formula is C11H11F3N2O4. The molecule has 110 valence electrons. The highest BCUT2D eigenvalue weighted by Gasteiger charge is 2.44. The molecule has 0 spiro atoms. The van der Waals surface area contributed by atoms with Crippen molar-refractivity contribution in [1.82, 2.24) is 5.32 Å². The van der Waals surface area contributed by atoms with Gasteiger partial charge in [-0.2, -0.15) is 13.2 Å². The monoisotopic (exact) mass is 292 g/mol. The zero-order valence-electron chi connectivity index (χ0n) is 10.1. The summed E-state index contributed by atoms with van der Waals surface area (Å²) in [4.78, 5) is 20.5. The number of nitro benzene ring substituents is 1. The van der Waals surface area contributed by atoms with Crippen LogP contribution in [0.15, 0.2) is 24.3 Å². The van der Waals surface area contributed by atoms with Gasteiger partial charge in [0.1, 0.15) is 0 Å². The summed E-state index contributed by atoms with van der Waals surface area (Å²) in [5, 5.41) is 21.5. The van der Waals surface area contributed by atoms with Crippen molar-refractivity contribution < 1.29 is 28.0 Å². The molecule has 0 saturated heterocycles. The maximum absolute atomic E-state index is 12.4. The summed E-state index contributed by atoms with van der Waals surface area (Å²) in [6, 6.07) is 5.53. The average molecular weight is 292 g/mol. The third-order valence-electron chi connectivity index (χ3n) is 2.55. The number of rotatable bonds is 6. The van der Waals surface area contributed by atoms with E-state index in [4.69, 9.17) is 5.11 Å². The summed E-state index contributed by atoms with van der Waals surface area (Å²) in [5.41, 5.74) is -0.0531. The van der Waals surface area contributed by atoms with E-state index in [1.807, 2.05) is 0 Å².